The highest BCUT2D eigenvalue weighted by Gasteiger charge is 2.18. The molecule has 0 unspecified atom stereocenters. The first-order valence-corrected chi connectivity index (χ1v) is 7.87. The summed E-state index contributed by atoms with van der Waals surface area (Å²) in [4.78, 5) is 22.9. The molecule has 0 aliphatic carbocycles. The first kappa shape index (κ1) is 19.2. The molecule has 0 atom stereocenters. The maximum atomic E-state index is 12.2. The van der Waals surface area contributed by atoms with Crippen LogP contribution in [0.4, 0.5) is 11.4 Å². The Morgan fingerprint density at radius 2 is 1.96 bits per heavy atom. The number of ether oxygens (including phenoxy) is 3. The van der Waals surface area contributed by atoms with E-state index in [-0.39, 0.29) is 17.9 Å². The molecule has 0 bridgehead atoms. The minimum absolute atomic E-state index is 0.00445. The molecule has 8 heteroatoms. The Morgan fingerprint density at radius 1 is 1.19 bits per heavy atom. The highest BCUT2D eigenvalue weighted by Crippen LogP contribution is 2.26. The number of anilines is 1. The fraction of sp³-hybridized carbons (Fsp3) is 0.278. The Labute approximate surface area is 150 Å². The van der Waals surface area contributed by atoms with Gasteiger partial charge in [-0.3, -0.25) is 10.1 Å². The lowest BCUT2D eigenvalue weighted by molar-refractivity contribution is -0.384. The molecular formula is C18H20N2O6. The fourth-order valence-corrected chi connectivity index (χ4v) is 2.30. The highest BCUT2D eigenvalue weighted by atomic mass is 16.6. The molecular weight excluding hydrogens is 340 g/mol. The van der Waals surface area contributed by atoms with Crippen LogP contribution in [-0.4, -0.2) is 38.3 Å². The smallest absolute Gasteiger partial charge is 0.338 e. The van der Waals surface area contributed by atoms with Gasteiger partial charge in [0.25, 0.3) is 5.69 Å². The van der Waals surface area contributed by atoms with Gasteiger partial charge in [0.15, 0.2) is 0 Å². The zero-order valence-corrected chi connectivity index (χ0v) is 14.6. The summed E-state index contributed by atoms with van der Waals surface area (Å²) in [5.41, 5.74) is 0.917. The maximum Gasteiger partial charge on any atom is 0.338 e. The third-order valence-electron chi connectivity index (χ3n) is 3.60. The van der Waals surface area contributed by atoms with E-state index in [0.717, 1.165) is 0 Å². The number of methoxy groups -OCH3 is 2. The van der Waals surface area contributed by atoms with Crippen LogP contribution in [0.2, 0.25) is 0 Å². The van der Waals surface area contributed by atoms with Crippen molar-refractivity contribution in [2.75, 3.05) is 32.7 Å². The molecule has 0 amide bonds. The third kappa shape index (κ3) is 4.93. The van der Waals surface area contributed by atoms with Gasteiger partial charge in [-0.15, -0.1) is 0 Å². The van der Waals surface area contributed by atoms with Crippen LogP contribution < -0.4 is 10.1 Å². The Hall–Kier alpha value is -3.13. The average Bonchev–Trinajstić information content (AvgIpc) is 2.66. The van der Waals surface area contributed by atoms with Crippen molar-refractivity contribution < 1.29 is 23.9 Å². The number of nitrogens with one attached hydrogen (secondary N) is 1. The molecule has 0 aliphatic heterocycles. The molecule has 2 aromatic rings. The average molecular weight is 360 g/mol. The normalized spacial score (nSPS) is 10.2. The van der Waals surface area contributed by atoms with Crippen LogP contribution in [0.25, 0.3) is 0 Å². The van der Waals surface area contributed by atoms with E-state index in [1.54, 1.807) is 18.2 Å². The number of para-hydroxylation sites is 1. The van der Waals surface area contributed by atoms with Crippen LogP contribution in [0.5, 0.6) is 5.75 Å². The van der Waals surface area contributed by atoms with Crippen LogP contribution in [-0.2, 0) is 16.1 Å². The minimum Gasteiger partial charge on any atom is -0.496 e. The summed E-state index contributed by atoms with van der Waals surface area (Å²) < 4.78 is 15.3. The zero-order valence-electron chi connectivity index (χ0n) is 14.6. The van der Waals surface area contributed by atoms with Gasteiger partial charge < -0.3 is 19.5 Å². The van der Waals surface area contributed by atoms with Crippen molar-refractivity contribution in [2.45, 2.75) is 6.61 Å². The second-order valence-corrected chi connectivity index (χ2v) is 5.30. The van der Waals surface area contributed by atoms with Crippen molar-refractivity contribution >= 4 is 17.3 Å². The van der Waals surface area contributed by atoms with E-state index in [1.165, 1.54) is 32.4 Å². The molecule has 0 radical (unpaired) electrons. The number of nitrogens with zero attached hydrogens (tertiary/aromatic N) is 1. The molecule has 8 nitrogen and oxygen atoms in total. The number of esters is 1. The van der Waals surface area contributed by atoms with E-state index in [9.17, 15) is 14.9 Å². The molecule has 0 saturated heterocycles. The van der Waals surface area contributed by atoms with Crippen LogP contribution in [0.1, 0.15) is 15.9 Å². The maximum absolute atomic E-state index is 12.2. The van der Waals surface area contributed by atoms with E-state index in [0.29, 0.717) is 30.2 Å². The van der Waals surface area contributed by atoms with Crippen LogP contribution in [0.15, 0.2) is 42.5 Å². The molecule has 26 heavy (non-hydrogen) atoms. The monoisotopic (exact) mass is 360 g/mol. The van der Waals surface area contributed by atoms with E-state index < -0.39 is 10.9 Å². The lowest BCUT2D eigenvalue weighted by atomic mass is 10.1. The first-order chi connectivity index (χ1) is 12.6. The highest BCUT2D eigenvalue weighted by molar-refractivity contribution is 5.91. The van der Waals surface area contributed by atoms with Crippen molar-refractivity contribution in [1.29, 1.82) is 0 Å². The fourth-order valence-electron chi connectivity index (χ4n) is 2.30. The van der Waals surface area contributed by atoms with E-state index in [1.807, 2.05) is 6.07 Å². The molecule has 0 aliphatic rings. The second-order valence-electron chi connectivity index (χ2n) is 5.30. The molecule has 2 aromatic carbocycles. The van der Waals surface area contributed by atoms with E-state index in [4.69, 9.17) is 14.2 Å². The summed E-state index contributed by atoms with van der Waals surface area (Å²) >= 11 is 0. The van der Waals surface area contributed by atoms with E-state index in [2.05, 4.69) is 5.32 Å². The number of rotatable bonds is 9. The Morgan fingerprint density at radius 3 is 2.65 bits per heavy atom. The number of hydrogen-bond acceptors (Lipinski definition) is 7. The molecule has 0 saturated carbocycles. The second kappa shape index (κ2) is 9.38. The SMILES string of the molecule is COCCNc1ccc(C(=O)OCc2ccccc2OC)cc1[N+](=O)[O-]. The summed E-state index contributed by atoms with van der Waals surface area (Å²) in [6.45, 7) is 0.819. The van der Waals surface area contributed by atoms with Gasteiger partial charge in [0.1, 0.15) is 18.0 Å². The molecule has 0 fully saturated rings. The van der Waals surface area contributed by atoms with Crippen molar-refractivity contribution in [3.05, 3.63) is 63.7 Å². The molecule has 2 rings (SSSR count). The number of carbonyl (C=O) groups is 1. The van der Waals surface area contributed by atoms with Gasteiger partial charge in [-0.1, -0.05) is 18.2 Å². The number of hydrogen-bond donors (Lipinski definition) is 1. The first-order valence-electron chi connectivity index (χ1n) is 7.87. The largest absolute Gasteiger partial charge is 0.496 e. The van der Waals surface area contributed by atoms with Gasteiger partial charge in [-0.2, -0.15) is 0 Å². The minimum atomic E-state index is -0.651. The van der Waals surface area contributed by atoms with Gasteiger partial charge in [0.2, 0.25) is 0 Å². The lowest BCUT2D eigenvalue weighted by Crippen LogP contribution is -2.11. The summed E-state index contributed by atoms with van der Waals surface area (Å²) in [5.74, 6) is -0.0496. The summed E-state index contributed by atoms with van der Waals surface area (Å²) in [6, 6.07) is 11.3. The summed E-state index contributed by atoms with van der Waals surface area (Å²) in [6.07, 6.45) is 0. The van der Waals surface area contributed by atoms with Gasteiger partial charge in [0.05, 0.1) is 24.2 Å². The van der Waals surface area contributed by atoms with Crippen molar-refractivity contribution in [3.63, 3.8) is 0 Å². The van der Waals surface area contributed by atoms with Crippen molar-refractivity contribution in [3.8, 4) is 5.75 Å². The van der Waals surface area contributed by atoms with E-state index >= 15 is 0 Å². The molecule has 0 heterocycles. The number of carbonyl (C=O) groups excluding carboxylic acids is 1. The van der Waals surface area contributed by atoms with Gasteiger partial charge in [-0.05, 0) is 18.2 Å². The van der Waals surface area contributed by atoms with Gasteiger partial charge >= 0.3 is 5.97 Å². The number of nitro benzene ring substituents is 1. The third-order valence-corrected chi connectivity index (χ3v) is 3.60. The number of benzene rings is 2. The molecule has 0 aromatic heterocycles. The quantitative estimate of drug-likeness (QED) is 0.317. The Kier molecular flexibility index (Phi) is 6.92. The Balaban J connectivity index is 2.10. The predicted molar refractivity (Wildman–Crippen MR) is 95.6 cm³/mol. The van der Waals surface area contributed by atoms with Crippen LogP contribution >= 0.6 is 0 Å². The standard InChI is InChI=1S/C18H20N2O6/c1-24-10-9-19-15-8-7-13(11-16(15)20(22)23)18(21)26-12-14-5-3-4-6-17(14)25-2/h3-8,11,19H,9-10,12H2,1-2H3. The topological polar surface area (TPSA) is 99.9 Å². The molecule has 138 valence electrons. The van der Waals surface area contributed by atoms with Gasteiger partial charge in [-0.25, -0.2) is 4.79 Å². The van der Waals surface area contributed by atoms with Crippen LogP contribution in [0, 0.1) is 10.1 Å². The Bertz CT molecular complexity index is 778. The zero-order chi connectivity index (χ0) is 18.9. The number of nitro groups is 1. The van der Waals surface area contributed by atoms with Crippen molar-refractivity contribution in [1.82, 2.24) is 0 Å². The van der Waals surface area contributed by atoms with Crippen molar-refractivity contribution in [2.24, 2.45) is 0 Å². The molecule has 1 N–H and O–H groups in total. The lowest BCUT2D eigenvalue weighted by Gasteiger charge is -2.10. The van der Waals surface area contributed by atoms with Crippen LogP contribution in [0.3, 0.4) is 0 Å². The predicted octanol–water partition coefficient (Wildman–Crippen LogP) is 3.02. The summed E-state index contributed by atoms with van der Waals surface area (Å²) in [5, 5.41) is 14.2. The molecule has 0 spiro atoms. The summed E-state index contributed by atoms with van der Waals surface area (Å²) in [7, 11) is 3.07. The van der Waals surface area contributed by atoms with Gasteiger partial charge in [0, 0.05) is 25.3 Å².